The maximum absolute atomic E-state index is 5.77. The Morgan fingerprint density at radius 2 is 1.64 bits per heavy atom. The van der Waals surface area contributed by atoms with E-state index in [1.54, 1.807) is 6.92 Å². The Hall–Kier alpha value is 0.170. The zero-order valence-corrected chi connectivity index (χ0v) is 7.19. The largest absolute Gasteiger partial charge is 0.327 e. The summed E-state index contributed by atoms with van der Waals surface area (Å²) in [6.45, 7) is 3.72. The summed E-state index contributed by atoms with van der Waals surface area (Å²) in [5, 5.41) is 0. The van der Waals surface area contributed by atoms with Gasteiger partial charge in [-0.15, -0.1) is 11.6 Å². The van der Waals surface area contributed by atoms with Gasteiger partial charge >= 0.3 is 0 Å². The van der Waals surface area contributed by atoms with Crippen molar-refractivity contribution in [3.63, 3.8) is 0 Å². The third-order valence-corrected chi connectivity index (χ3v) is 2.77. The van der Waals surface area contributed by atoms with Crippen molar-refractivity contribution >= 4 is 11.6 Å². The number of alkyl halides is 1. The van der Waals surface area contributed by atoms with Gasteiger partial charge in [0.25, 0.3) is 5.97 Å². The molecule has 0 radical (unpaired) electrons. The van der Waals surface area contributed by atoms with E-state index >= 15 is 0 Å². The normalized spacial score (nSPS) is 49.6. The Bertz CT molecular complexity index is 147. The summed E-state index contributed by atoms with van der Waals surface area (Å²) in [6.07, 6.45) is 0. The Morgan fingerprint density at radius 1 is 1.18 bits per heavy atom. The topological polar surface area (TPSA) is 27.7 Å². The van der Waals surface area contributed by atoms with E-state index in [9.17, 15) is 0 Å². The second kappa shape index (κ2) is 2.33. The quantitative estimate of drug-likeness (QED) is 0.560. The van der Waals surface area contributed by atoms with Gasteiger partial charge in [0.1, 0.15) is 0 Å². The molecule has 3 nitrogen and oxygen atoms in total. The second-order valence-electron chi connectivity index (χ2n) is 3.36. The smallest absolute Gasteiger partial charge is 0.279 e. The summed E-state index contributed by atoms with van der Waals surface area (Å²) < 4.78 is 16.0. The zero-order chi connectivity index (χ0) is 7.95. The van der Waals surface area contributed by atoms with Crippen LogP contribution in [0, 0.1) is 5.41 Å². The van der Waals surface area contributed by atoms with Crippen LogP contribution in [0.1, 0.15) is 6.92 Å². The summed E-state index contributed by atoms with van der Waals surface area (Å²) in [7, 11) is 0. The summed E-state index contributed by atoms with van der Waals surface area (Å²) in [6, 6.07) is 0. The molecule has 0 N–H and O–H groups in total. The first-order valence-electron chi connectivity index (χ1n) is 3.66. The zero-order valence-electron chi connectivity index (χ0n) is 6.43. The van der Waals surface area contributed by atoms with Crippen molar-refractivity contribution in [2.45, 2.75) is 12.9 Å². The fourth-order valence-electron chi connectivity index (χ4n) is 1.22. The van der Waals surface area contributed by atoms with Crippen molar-refractivity contribution in [3.8, 4) is 0 Å². The Morgan fingerprint density at radius 3 is 2.00 bits per heavy atom. The second-order valence-corrected chi connectivity index (χ2v) is 3.63. The van der Waals surface area contributed by atoms with E-state index in [0.29, 0.717) is 25.7 Å². The Kier molecular flexibility index (Phi) is 1.65. The third kappa shape index (κ3) is 1.16. The molecule has 0 aromatic heterocycles. The van der Waals surface area contributed by atoms with Gasteiger partial charge < -0.3 is 14.2 Å². The molecule has 64 valence electrons. The van der Waals surface area contributed by atoms with Crippen LogP contribution in [0.2, 0.25) is 0 Å². The van der Waals surface area contributed by atoms with E-state index < -0.39 is 5.97 Å². The van der Waals surface area contributed by atoms with Gasteiger partial charge in [-0.1, -0.05) is 0 Å². The lowest BCUT2D eigenvalue weighted by atomic mass is 9.91. The minimum absolute atomic E-state index is 0.0979. The van der Waals surface area contributed by atoms with Gasteiger partial charge in [0.2, 0.25) is 0 Å². The lowest BCUT2D eigenvalue weighted by molar-refractivity contribution is -0.456. The Balaban J connectivity index is 2.12. The number of rotatable bonds is 1. The number of hydrogen-bond donors (Lipinski definition) is 0. The van der Waals surface area contributed by atoms with Gasteiger partial charge in [-0.25, -0.2) is 0 Å². The molecule has 0 atom stereocenters. The molecule has 11 heavy (non-hydrogen) atoms. The van der Waals surface area contributed by atoms with Crippen LogP contribution < -0.4 is 0 Å². The molecule has 3 aliphatic heterocycles. The third-order valence-electron chi connectivity index (χ3n) is 2.21. The first-order chi connectivity index (χ1) is 5.18. The molecule has 0 saturated carbocycles. The van der Waals surface area contributed by atoms with Gasteiger partial charge in [0.05, 0.1) is 25.2 Å². The van der Waals surface area contributed by atoms with Crippen molar-refractivity contribution in [2.24, 2.45) is 5.41 Å². The first kappa shape index (κ1) is 7.80. The predicted molar refractivity (Wildman–Crippen MR) is 39.4 cm³/mol. The number of fused-ring (bicyclic) bond motifs is 3. The summed E-state index contributed by atoms with van der Waals surface area (Å²) >= 11 is 5.77. The van der Waals surface area contributed by atoms with Crippen molar-refractivity contribution in [1.29, 1.82) is 0 Å². The van der Waals surface area contributed by atoms with Gasteiger partial charge in [-0.05, 0) is 0 Å². The molecule has 3 fully saturated rings. The van der Waals surface area contributed by atoms with E-state index in [0.717, 1.165) is 0 Å². The minimum atomic E-state index is -0.798. The summed E-state index contributed by atoms with van der Waals surface area (Å²) in [5.74, 6) is -0.267. The molecule has 0 aliphatic carbocycles. The van der Waals surface area contributed by atoms with Crippen LogP contribution in [0.4, 0.5) is 0 Å². The summed E-state index contributed by atoms with van der Waals surface area (Å²) in [4.78, 5) is 0. The molecule has 3 saturated heterocycles. The Labute approximate surface area is 70.6 Å². The van der Waals surface area contributed by atoms with Gasteiger partial charge in [-0.2, -0.15) is 0 Å². The van der Waals surface area contributed by atoms with E-state index in [4.69, 9.17) is 25.8 Å². The highest BCUT2D eigenvalue weighted by atomic mass is 35.5. The van der Waals surface area contributed by atoms with E-state index in [1.807, 2.05) is 0 Å². The van der Waals surface area contributed by atoms with Crippen LogP contribution in [0.3, 0.4) is 0 Å². The van der Waals surface area contributed by atoms with Crippen LogP contribution >= 0.6 is 11.6 Å². The average Bonchev–Trinajstić information content (AvgIpc) is 2.07. The van der Waals surface area contributed by atoms with Gasteiger partial charge in [0.15, 0.2) is 0 Å². The molecule has 2 bridgehead atoms. The van der Waals surface area contributed by atoms with E-state index in [1.165, 1.54) is 0 Å². The maximum atomic E-state index is 5.77. The molecule has 0 spiro atoms. The van der Waals surface area contributed by atoms with Crippen molar-refractivity contribution in [2.75, 3.05) is 25.7 Å². The lowest BCUT2D eigenvalue weighted by Crippen LogP contribution is -2.59. The predicted octanol–water partition coefficient (Wildman–Crippen LogP) is 0.962. The highest BCUT2D eigenvalue weighted by molar-refractivity contribution is 6.18. The highest BCUT2D eigenvalue weighted by Crippen LogP contribution is 2.38. The average molecular weight is 179 g/mol. The molecule has 3 heterocycles. The van der Waals surface area contributed by atoms with Crippen LogP contribution in [0.15, 0.2) is 0 Å². The molecule has 3 rings (SSSR count). The fraction of sp³-hybridized carbons (Fsp3) is 1.00. The molecule has 4 heteroatoms. The van der Waals surface area contributed by atoms with Crippen LogP contribution in [0.5, 0.6) is 0 Å². The van der Waals surface area contributed by atoms with E-state index in [2.05, 4.69) is 0 Å². The number of ether oxygens (including phenoxy) is 3. The molecule has 0 unspecified atom stereocenters. The number of halogens is 1. The maximum Gasteiger partial charge on any atom is 0.279 e. The van der Waals surface area contributed by atoms with E-state index in [-0.39, 0.29) is 5.41 Å². The summed E-state index contributed by atoms with van der Waals surface area (Å²) in [5.41, 5.74) is -0.0979. The lowest BCUT2D eigenvalue weighted by Gasteiger charge is -2.49. The molecular weight excluding hydrogens is 168 g/mol. The van der Waals surface area contributed by atoms with Crippen molar-refractivity contribution in [3.05, 3.63) is 0 Å². The number of hydrogen-bond acceptors (Lipinski definition) is 3. The van der Waals surface area contributed by atoms with Crippen LogP contribution in [0.25, 0.3) is 0 Å². The molecular formula is C7H11ClO3. The van der Waals surface area contributed by atoms with Crippen LogP contribution in [-0.4, -0.2) is 31.7 Å². The first-order valence-corrected chi connectivity index (χ1v) is 4.19. The molecule has 0 aromatic rings. The highest BCUT2D eigenvalue weighted by Gasteiger charge is 2.49. The minimum Gasteiger partial charge on any atom is -0.327 e. The van der Waals surface area contributed by atoms with Gasteiger partial charge in [-0.3, -0.25) is 0 Å². The molecule has 0 amide bonds. The fourth-order valence-corrected chi connectivity index (χ4v) is 1.45. The SMILES string of the molecule is CC12OCC(CCl)(CO1)CO2. The monoisotopic (exact) mass is 178 g/mol. The standard InChI is InChI=1S/C7H11ClO3/c1-6-9-3-7(2-8,4-10-6)5-11-6/h2-5H2,1H3. The van der Waals surface area contributed by atoms with Gasteiger partial charge in [0, 0.05) is 12.8 Å². The van der Waals surface area contributed by atoms with Crippen molar-refractivity contribution in [1.82, 2.24) is 0 Å². The molecule has 3 aliphatic rings. The van der Waals surface area contributed by atoms with Crippen molar-refractivity contribution < 1.29 is 14.2 Å². The van der Waals surface area contributed by atoms with Crippen LogP contribution in [-0.2, 0) is 14.2 Å². The molecule has 0 aromatic carbocycles.